The van der Waals surface area contributed by atoms with Crippen LogP contribution in [0.25, 0.3) is 0 Å². The van der Waals surface area contributed by atoms with Crippen LogP contribution in [0, 0.1) is 5.41 Å². The first kappa shape index (κ1) is 13.6. The molecule has 2 aromatic heterocycles. The van der Waals surface area contributed by atoms with Crippen molar-refractivity contribution in [2.75, 3.05) is 11.9 Å². The monoisotopic (exact) mass is 291 g/mol. The molecule has 2 N–H and O–H groups in total. The highest BCUT2D eigenvalue weighted by Gasteiger charge is 2.33. The van der Waals surface area contributed by atoms with Crippen molar-refractivity contribution < 1.29 is 4.42 Å². The van der Waals surface area contributed by atoms with Gasteiger partial charge in [0.15, 0.2) is 5.13 Å². The van der Waals surface area contributed by atoms with Gasteiger partial charge in [0.25, 0.3) is 0 Å². The average molecular weight is 291 g/mol. The highest BCUT2D eigenvalue weighted by atomic mass is 32.1. The van der Waals surface area contributed by atoms with Gasteiger partial charge in [-0.3, -0.25) is 0 Å². The van der Waals surface area contributed by atoms with Gasteiger partial charge in [-0.2, -0.15) is 0 Å². The summed E-state index contributed by atoms with van der Waals surface area (Å²) in [5, 5.41) is 1.05. The molecule has 1 aliphatic rings. The molecule has 1 aliphatic carbocycles. The molecule has 108 valence electrons. The van der Waals surface area contributed by atoms with E-state index >= 15 is 0 Å². The fourth-order valence-corrected chi connectivity index (χ4v) is 3.91. The van der Waals surface area contributed by atoms with Crippen molar-refractivity contribution in [3.63, 3.8) is 0 Å². The Morgan fingerprint density at radius 3 is 3.05 bits per heavy atom. The number of nitrogens with zero attached hydrogens (tertiary/aromatic N) is 2. The van der Waals surface area contributed by atoms with Gasteiger partial charge in [0.2, 0.25) is 0 Å². The van der Waals surface area contributed by atoms with Gasteiger partial charge in [-0.1, -0.05) is 25.2 Å². The molecule has 0 spiro atoms. The molecule has 2 aromatic rings. The minimum Gasteiger partial charge on any atom is -0.472 e. The van der Waals surface area contributed by atoms with Gasteiger partial charge >= 0.3 is 0 Å². The summed E-state index contributed by atoms with van der Waals surface area (Å²) in [7, 11) is 2.06. The minimum absolute atomic E-state index is 0.127. The number of nitrogens with two attached hydrogens (primary N) is 1. The zero-order valence-corrected chi connectivity index (χ0v) is 13.0. The first-order valence-electron chi connectivity index (χ1n) is 6.92. The summed E-state index contributed by atoms with van der Waals surface area (Å²) in [5.41, 5.74) is 8.90. The van der Waals surface area contributed by atoms with Crippen LogP contribution in [-0.2, 0) is 13.0 Å². The van der Waals surface area contributed by atoms with E-state index < -0.39 is 0 Å². The molecule has 3 rings (SSSR count). The van der Waals surface area contributed by atoms with E-state index in [4.69, 9.17) is 15.1 Å². The molecule has 0 amide bonds. The molecule has 4 nitrogen and oxygen atoms in total. The number of furan rings is 1. The number of rotatable bonds is 3. The molecular weight excluding hydrogens is 270 g/mol. The summed E-state index contributed by atoms with van der Waals surface area (Å²) in [6, 6.07) is 2.11. The lowest BCUT2D eigenvalue weighted by Crippen LogP contribution is -2.28. The number of hydrogen-bond donors (Lipinski definition) is 1. The third-order valence-corrected chi connectivity index (χ3v) is 5.14. The number of thiazole rings is 1. The Bertz CT molecular complexity index is 588. The first-order chi connectivity index (χ1) is 9.44. The van der Waals surface area contributed by atoms with Gasteiger partial charge < -0.3 is 15.1 Å². The largest absolute Gasteiger partial charge is 0.472 e. The maximum absolute atomic E-state index is 6.31. The van der Waals surface area contributed by atoms with E-state index in [0.29, 0.717) is 0 Å². The van der Waals surface area contributed by atoms with E-state index in [-0.39, 0.29) is 11.5 Å². The zero-order valence-electron chi connectivity index (χ0n) is 12.2. The normalized spacial score (nSPS) is 20.7. The van der Waals surface area contributed by atoms with Crippen LogP contribution in [0.4, 0.5) is 5.13 Å². The molecule has 2 heterocycles. The van der Waals surface area contributed by atoms with Crippen molar-refractivity contribution in [2.24, 2.45) is 11.1 Å². The lowest BCUT2D eigenvalue weighted by atomic mass is 9.77. The van der Waals surface area contributed by atoms with Crippen LogP contribution in [-0.4, -0.2) is 12.0 Å². The van der Waals surface area contributed by atoms with Crippen LogP contribution in [0.3, 0.4) is 0 Å². The van der Waals surface area contributed by atoms with Crippen LogP contribution in [0.5, 0.6) is 0 Å². The number of hydrogen-bond acceptors (Lipinski definition) is 5. The van der Waals surface area contributed by atoms with E-state index in [1.165, 1.54) is 10.6 Å². The van der Waals surface area contributed by atoms with Gasteiger partial charge in [0.05, 0.1) is 18.2 Å². The minimum atomic E-state index is 0.127. The summed E-state index contributed by atoms with van der Waals surface area (Å²) in [4.78, 5) is 8.23. The summed E-state index contributed by atoms with van der Waals surface area (Å²) in [6.07, 6.45) is 5.53. The van der Waals surface area contributed by atoms with Gasteiger partial charge in [-0.25, -0.2) is 4.98 Å². The predicted octanol–water partition coefficient (Wildman–Crippen LogP) is 3.34. The summed E-state index contributed by atoms with van der Waals surface area (Å²) >= 11 is 1.73. The fraction of sp³-hybridized carbons (Fsp3) is 0.533. The molecule has 0 aromatic carbocycles. The van der Waals surface area contributed by atoms with Crippen molar-refractivity contribution in [1.82, 2.24) is 4.98 Å². The molecule has 0 saturated carbocycles. The predicted molar refractivity (Wildman–Crippen MR) is 82.0 cm³/mol. The maximum Gasteiger partial charge on any atom is 0.185 e. The third-order valence-electron chi connectivity index (χ3n) is 3.80. The van der Waals surface area contributed by atoms with E-state index in [1.807, 2.05) is 6.07 Å². The van der Waals surface area contributed by atoms with Crippen LogP contribution in [0.15, 0.2) is 23.0 Å². The molecular formula is C15H21N3OS. The van der Waals surface area contributed by atoms with E-state index in [2.05, 4.69) is 25.8 Å². The van der Waals surface area contributed by atoms with Crippen LogP contribution >= 0.6 is 11.3 Å². The average Bonchev–Trinajstić information content (AvgIpc) is 2.96. The molecule has 1 atom stereocenters. The highest BCUT2D eigenvalue weighted by molar-refractivity contribution is 7.15. The zero-order chi connectivity index (χ0) is 14.3. The van der Waals surface area contributed by atoms with E-state index in [1.54, 1.807) is 23.9 Å². The fourth-order valence-electron chi connectivity index (χ4n) is 2.87. The lowest BCUT2D eigenvalue weighted by Gasteiger charge is -2.32. The second-order valence-corrected chi connectivity index (χ2v) is 7.46. The van der Waals surface area contributed by atoms with Crippen molar-refractivity contribution in [3.05, 3.63) is 34.7 Å². The first-order valence-corrected chi connectivity index (χ1v) is 7.74. The van der Waals surface area contributed by atoms with Gasteiger partial charge in [-0.05, 0) is 24.3 Å². The maximum atomic E-state index is 6.31. The number of aromatic nitrogens is 1. The van der Waals surface area contributed by atoms with Gasteiger partial charge in [0, 0.05) is 30.1 Å². The van der Waals surface area contributed by atoms with E-state index in [0.717, 1.165) is 30.1 Å². The molecule has 0 aliphatic heterocycles. The smallest absolute Gasteiger partial charge is 0.185 e. The second-order valence-electron chi connectivity index (χ2n) is 6.45. The quantitative estimate of drug-likeness (QED) is 0.942. The summed E-state index contributed by atoms with van der Waals surface area (Å²) < 4.78 is 5.11. The Kier molecular flexibility index (Phi) is 3.34. The third kappa shape index (κ3) is 2.60. The number of fused-ring (bicyclic) bond motifs is 1. The summed E-state index contributed by atoms with van der Waals surface area (Å²) in [6.45, 7) is 5.34. The molecule has 0 fully saturated rings. The topological polar surface area (TPSA) is 55.3 Å². The van der Waals surface area contributed by atoms with Crippen molar-refractivity contribution in [2.45, 2.75) is 39.3 Å². The van der Waals surface area contributed by atoms with Crippen LogP contribution < -0.4 is 10.6 Å². The molecule has 0 bridgehead atoms. The van der Waals surface area contributed by atoms with Gasteiger partial charge in [0.1, 0.15) is 0 Å². The molecule has 20 heavy (non-hydrogen) atoms. The highest BCUT2D eigenvalue weighted by Crippen LogP contribution is 2.43. The number of anilines is 1. The van der Waals surface area contributed by atoms with Crippen LogP contribution in [0.1, 0.15) is 42.4 Å². The molecule has 5 heteroatoms. The van der Waals surface area contributed by atoms with Crippen molar-refractivity contribution in [3.8, 4) is 0 Å². The second kappa shape index (κ2) is 4.90. The Morgan fingerprint density at radius 1 is 1.55 bits per heavy atom. The lowest BCUT2D eigenvalue weighted by molar-refractivity contribution is 0.282. The SMILES string of the molecule is CN(Cc1ccoc1)c1nc2c(s1)C(N)CC(C)(C)C2. The van der Waals surface area contributed by atoms with Crippen LogP contribution in [0.2, 0.25) is 0 Å². The molecule has 1 unspecified atom stereocenters. The standard InChI is InChI=1S/C15H21N3OS/c1-15(2)6-11(16)13-12(7-15)17-14(20-13)18(3)8-10-4-5-19-9-10/h4-5,9,11H,6-8,16H2,1-3H3. The summed E-state index contributed by atoms with van der Waals surface area (Å²) in [5.74, 6) is 0. The Hall–Kier alpha value is -1.33. The Balaban J connectivity index is 1.82. The van der Waals surface area contributed by atoms with E-state index in [9.17, 15) is 0 Å². The Morgan fingerprint density at radius 2 is 2.35 bits per heavy atom. The molecule has 0 saturated heterocycles. The van der Waals surface area contributed by atoms with Crippen molar-refractivity contribution >= 4 is 16.5 Å². The van der Waals surface area contributed by atoms with Crippen molar-refractivity contribution in [1.29, 1.82) is 0 Å². The van der Waals surface area contributed by atoms with Gasteiger partial charge in [-0.15, -0.1) is 0 Å². The Labute approximate surface area is 123 Å². The molecule has 0 radical (unpaired) electrons.